The van der Waals surface area contributed by atoms with Crippen LogP contribution in [0.3, 0.4) is 0 Å². The largest absolute Gasteiger partial charge is 1.00 e. The smallest absolute Gasteiger partial charge is 0.870 e. The average Bonchev–Trinajstić information content (AvgIpc) is 2.86. The average molecular weight is 596 g/mol. The summed E-state index contributed by atoms with van der Waals surface area (Å²) < 4.78 is 37.8. The van der Waals surface area contributed by atoms with E-state index in [1.807, 2.05) is 0 Å². The van der Waals surface area contributed by atoms with Crippen LogP contribution >= 0.6 is 23.2 Å². The summed E-state index contributed by atoms with van der Waals surface area (Å²) in [5.74, 6) is -0.947. The SMILES string of the molecule is CCOc1cc(NC(=O)c2cc3ccccc3c(N=Nc3cc(Cl)c(S(=O)(=O)O)cc3C)c2[O-])ccc1Cl.[Na+]. The number of benzene rings is 4. The van der Waals surface area contributed by atoms with Gasteiger partial charge >= 0.3 is 29.6 Å². The summed E-state index contributed by atoms with van der Waals surface area (Å²) in [6, 6.07) is 15.4. The second-order valence-electron chi connectivity index (χ2n) is 8.10. The number of ether oxygens (including phenoxy) is 1. The molecule has 0 atom stereocenters. The van der Waals surface area contributed by atoms with Crippen molar-refractivity contribution in [3.8, 4) is 11.5 Å². The minimum Gasteiger partial charge on any atom is -0.870 e. The third-order valence-electron chi connectivity index (χ3n) is 5.50. The first-order chi connectivity index (χ1) is 18.0. The first-order valence-electron chi connectivity index (χ1n) is 11.2. The van der Waals surface area contributed by atoms with Crippen molar-refractivity contribution in [2.24, 2.45) is 10.2 Å². The molecule has 0 saturated heterocycles. The summed E-state index contributed by atoms with van der Waals surface area (Å²) in [4.78, 5) is 12.7. The van der Waals surface area contributed by atoms with Gasteiger partial charge in [0.25, 0.3) is 16.0 Å². The van der Waals surface area contributed by atoms with E-state index < -0.39 is 26.7 Å². The number of carbonyl (C=O) groups is 1. The number of nitrogens with zero attached hydrogens (tertiary/aromatic N) is 2. The summed E-state index contributed by atoms with van der Waals surface area (Å²) in [6.45, 7) is 3.72. The molecule has 4 aromatic carbocycles. The van der Waals surface area contributed by atoms with Gasteiger partial charge in [0.2, 0.25) is 0 Å². The van der Waals surface area contributed by atoms with E-state index in [-0.39, 0.29) is 51.5 Å². The minimum absolute atomic E-state index is 0. The molecular formula is C26H20Cl2N3NaO6S. The fourth-order valence-corrected chi connectivity index (χ4v) is 4.93. The van der Waals surface area contributed by atoms with Crippen molar-refractivity contribution < 1.29 is 57.2 Å². The van der Waals surface area contributed by atoms with Crippen LogP contribution in [0.1, 0.15) is 22.8 Å². The Morgan fingerprint density at radius 3 is 2.46 bits per heavy atom. The van der Waals surface area contributed by atoms with E-state index in [0.717, 1.165) is 6.07 Å². The van der Waals surface area contributed by atoms with E-state index in [0.29, 0.717) is 39.4 Å². The molecule has 196 valence electrons. The van der Waals surface area contributed by atoms with Crippen molar-refractivity contribution in [3.05, 3.63) is 81.8 Å². The molecule has 39 heavy (non-hydrogen) atoms. The molecule has 4 aromatic rings. The van der Waals surface area contributed by atoms with Crippen LogP contribution in [0.4, 0.5) is 17.1 Å². The van der Waals surface area contributed by atoms with Crippen molar-refractivity contribution in [2.75, 3.05) is 11.9 Å². The van der Waals surface area contributed by atoms with Crippen LogP contribution in [0.25, 0.3) is 10.8 Å². The number of carbonyl (C=O) groups excluding carboxylic acids is 1. The second kappa shape index (κ2) is 12.6. The fraction of sp³-hybridized carbons (Fsp3) is 0.115. The Balaban J connectivity index is 0.00000420. The maximum Gasteiger partial charge on any atom is 1.00 e. The van der Waals surface area contributed by atoms with E-state index in [9.17, 15) is 22.9 Å². The normalized spacial score (nSPS) is 11.4. The fourth-order valence-electron chi connectivity index (χ4n) is 3.68. The second-order valence-corrected chi connectivity index (χ2v) is 10.3. The number of halogens is 2. The molecular weight excluding hydrogens is 576 g/mol. The Labute approximate surface area is 256 Å². The van der Waals surface area contributed by atoms with Crippen LogP contribution < -0.4 is 44.7 Å². The van der Waals surface area contributed by atoms with Gasteiger partial charge < -0.3 is 15.2 Å². The van der Waals surface area contributed by atoms with Gasteiger partial charge in [0.1, 0.15) is 10.6 Å². The number of hydrogen-bond acceptors (Lipinski definition) is 7. The summed E-state index contributed by atoms with van der Waals surface area (Å²) >= 11 is 12.1. The summed E-state index contributed by atoms with van der Waals surface area (Å²) in [5, 5.41) is 25.5. The van der Waals surface area contributed by atoms with Gasteiger partial charge in [-0.25, -0.2) is 0 Å². The summed E-state index contributed by atoms with van der Waals surface area (Å²) in [5.41, 5.74) is 0.633. The molecule has 0 fully saturated rings. The molecule has 4 rings (SSSR count). The van der Waals surface area contributed by atoms with Crippen LogP contribution in [0.5, 0.6) is 11.5 Å². The molecule has 13 heteroatoms. The number of amides is 1. The van der Waals surface area contributed by atoms with Gasteiger partial charge in [-0.1, -0.05) is 53.2 Å². The van der Waals surface area contributed by atoms with Crippen LogP contribution in [0, 0.1) is 6.92 Å². The Kier molecular flexibility index (Phi) is 10.0. The Hall–Kier alpha value is -2.70. The zero-order valence-electron chi connectivity index (χ0n) is 21.0. The molecule has 0 saturated carbocycles. The Morgan fingerprint density at radius 1 is 1.05 bits per heavy atom. The van der Waals surface area contributed by atoms with Crippen molar-refractivity contribution in [1.29, 1.82) is 0 Å². The van der Waals surface area contributed by atoms with Gasteiger partial charge in [0, 0.05) is 22.7 Å². The molecule has 0 bridgehead atoms. The van der Waals surface area contributed by atoms with Gasteiger partial charge in [-0.05, 0) is 55.1 Å². The van der Waals surface area contributed by atoms with Gasteiger partial charge in [-0.2, -0.15) is 18.6 Å². The molecule has 0 spiro atoms. The molecule has 0 unspecified atom stereocenters. The molecule has 0 radical (unpaired) electrons. The van der Waals surface area contributed by atoms with Gasteiger partial charge in [-0.3, -0.25) is 9.35 Å². The van der Waals surface area contributed by atoms with Crippen molar-refractivity contribution >= 4 is 67.1 Å². The Bertz CT molecular complexity index is 1710. The number of nitrogens with one attached hydrogen (secondary N) is 1. The zero-order valence-corrected chi connectivity index (χ0v) is 25.4. The third kappa shape index (κ3) is 6.90. The van der Waals surface area contributed by atoms with Crippen LogP contribution in [-0.2, 0) is 10.1 Å². The van der Waals surface area contributed by atoms with E-state index in [2.05, 4.69) is 15.5 Å². The number of hydrogen-bond donors (Lipinski definition) is 2. The van der Waals surface area contributed by atoms with Crippen molar-refractivity contribution in [2.45, 2.75) is 18.7 Å². The molecule has 9 nitrogen and oxygen atoms in total. The van der Waals surface area contributed by atoms with E-state index in [1.54, 1.807) is 56.3 Å². The molecule has 1 amide bonds. The maximum absolute atomic E-state index is 13.4. The van der Waals surface area contributed by atoms with Crippen LogP contribution in [0.2, 0.25) is 10.0 Å². The van der Waals surface area contributed by atoms with E-state index >= 15 is 0 Å². The first kappa shape index (κ1) is 30.8. The molecule has 2 N–H and O–H groups in total. The first-order valence-corrected chi connectivity index (χ1v) is 13.3. The molecule has 0 aliphatic heterocycles. The van der Waals surface area contributed by atoms with Gasteiger partial charge in [0.05, 0.1) is 28.0 Å². The topological polar surface area (TPSA) is 140 Å². The predicted molar refractivity (Wildman–Crippen MR) is 144 cm³/mol. The van der Waals surface area contributed by atoms with Crippen LogP contribution in [-0.4, -0.2) is 25.5 Å². The zero-order chi connectivity index (χ0) is 27.6. The summed E-state index contributed by atoms with van der Waals surface area (Å²) in [6.07, 6.45) is 0. The number of aryl methyl sites for hydroxylation is 1. The van der Waals surface area contributed by atoms with Gasteiger partial charge in [0.15, 0.2) is 0 Å². The molecule has 0 aliphatic rings. The monoisotopic (exact) mass is 595 g/mol. The Morgan fingerprint density at radius 2 is 1.77 bits per heavy atom. The van der Waals surface area contributed by atoms with Crippen LogP contribution in [0.15, 0.2) is 75.8 Å². The standard InChI is InChI=1S/C26H21Cl2N3O6S.Na/c1-3-37-22-12-16(8-9-19(22)27)29-26(33)18-11-15-6-4-5-7-17(15)24(25(18)32)31-30-21-13-20(28)23(10-14(21)2)38(34,35)36;/h4-13,32H,3H2,1-2H3,(H,29,33)(H,34,35,36);/q;+1/p-1. The number of azo groups is 1. The molecule has 0 aromatic heterocycles. The quantitative estimate of drug-likeness (QED) is 0.189. The number of fused-ring (bicyclic) bond motifs is 1. The van der Waals surface area contributed by atoms with Gasteiger partial charge in [-0.15, -0.1) is 0 Å². The van der Waals surface area contributed by atoms with E-state index in [4.69, 9.17) is 27.9 Å². The van der Waals surface area contributed by atoms with Crippen molar-refractivity contribution in [1.82, 2.24) is 0 Å². The summed E-state index contributed by atoms with van der Waals surface area (Å²) in [7, 11) is -4.54. The third-order valence-corrected chi connectivity index (χ3v) is 7.13. The minimum atomic E-state index is -4.54. The molecule has 0 aliphatic carbocycles. The number of anilines is 1. The predicted octanol–water partition coefficient (Wildman–Crippen LogP) is 3.85. The maximum atomic E-state index is 13.4. The molecule has 0 heterocycles. The van der Waals surface area contributed by atoms with Crippen molar-refractivity contribution in [3.63, 3.8) is 0 Å². The van der Waals surface area contributed by atoms with E-state index in [1.165, 1.54) is 12.1 Å². The number of rotatable bonds is 7.